The van der Waals surface area contributed by atoms with E-state index in [1.807, 2.05) is 25.1 Å². The van der Waals surface area contributed by atoms with Crippen LogP contribution in [-0.2, 0) is 11.2 Å². The molecule has 24 heavy (non-hydrogen) atoms. The predicted molar refractivity (Wildman–Crippen MR) is 101 cm³/mol. The highest BCUT2D eigenvalue weighted by Gasteiger charge is 2.21. The Morgan fingerprint density at radius 1 is 1.42 bits per heavy atom. The summed E-state index contributed by atoms with van der Waals surface area (Å²) in [5, 5.41) is 6.48. The highest BCUT2D eigenvalue weighted by atomic mass is 35.5. The van der Waals surface area contributed by atoms with Crippen LogP contribution in [0.25, 0.3) is 0 Å². The number of ether oxygens (including phenoxy) is 1. The predicted octanol–water partition coefficient (Wildman–Crippen LogP) is 3.19. The number of nitrogens with one attached hydrogen (secondary N) is 2. The average molecular weight is 355 g/mol. The number of hydrogen-bond acceptors (Lipinski definition) is 3. The Bertz CT molecular complexity index is 490. The van der Waals surface area contributed by atoms with Crippen molar-refractivity contribution >= 4 is 18.3 Å². The Hall–Kier alpha value is -1.26. The van der Waals surface area contributed by atoms with E-state index in [0.717, 1.165) is 30.8 Å². The summed E-state index contributed by atoms with van der Waals surface area (Å²) < 4.78 is 5.62. The van der Waals surface area contributed by atoms with Gasteiger partial charge in [-0.05, 0) is 62.7 Å². The zero-order valence-corrected chi connectivity index (χ0v) is 15.7. The Labute approximate surface area is 152 Å². The Kier molecular flexibility index (Phi) is 9.80. The van der Waals surface area contributed by atoms with Crippen molar-refractivity contribution in [3.8, 4) is 5.75 Å². The van der Waals surface area contributed by atoms with E-state index in [1.165, 1.54) is 12.8 Å². The molecule has 1 aromatic carbocycles. The quantitative estimate of drug-likeness (QED) is 0.753. The molecule has 1 aromatic rings. The van der Waals surface area contributed by atoms with Crippen molar-refractivity contribution in [3.05, 3.63) is 29.8 Å². The van der Waals surface area contributed by atoms with E-state index in [-0.39, 0.29) is 18.3 Å². The van der Waals surface area contributed by atoms with Crippen LogP contribution < -0.4 is 15.4 Å². The van der Waals surface area contributed by atoms with Crippen LogP contribution in [0.2, 0.25) is 0 Å². The molecule has 2 unspecified atom stereocenters. The molecule has 1 aliphatic rings. The summed E-state index contributed by atoms with van der Waals surface area (Å²) in [5.74, 6) is 2.16. The smallest absolute Gasteiger partial charge is 0.220 e. The van der Waals surface area contributed by atoms with E-state index in [2.05, 4.69) is 23.6 Å². The largest absolute Gasteiger partial charge is 0.494 e. The summed E-state index contributed by atoms with van der Waals surface area (Å²) in [5.41, 5.74) is 1.15. The van der Waals surface area contributed by atoms with Crippen molar-refractivity contribution < 1.29 is 9.53 Å². The van der Waals surface area contributed by atoms with Crippen LogP contribution in [-0.4, -0.2) is 32.1 Å². The van der Waals surface area contributed by atoms with E-state index in [1.54, 1.807) is 0 Å². The fraction of sp³-hybridized carbons (Fsp3) is 0.632. The maximum atomic E-state index is 12.1. The maximum absolute atomic E-state index is 12.1. The molecule has 136 valence electrons. The molecule has 5 heteroatoms. The van der Waals surface area contributed by atoms with Crippen molar-refractivity contribution in [1.82, 2.24) is 10.6 Å². The minimum atomic E-state index is 0. The van der Waals surface area contributed by atoms with E-state index in [0.29, 0.717) is 31.4 Å². The van der Waals surface area contributed by atoms with Crippen molar-refractivity contribution in [2.45, 2.75) is 39.5 Å². The first-order chi connectivity index (χ1) is 11.2. The highest BCUT2D eigenvalue weighted by Crippen LogP contribution is 2.22. The third-order valence-corrected chi connectivity index (χ3v) is 4.64. The van der Waals surface area contributed by atoms with Gasteiger partial charge in [0.25, 0.3) is 0 Å². The zero-order valence-electron chi connectivity index (χ0n) is 14.8. The van der Waals surface area contributed by atoms with Crippen molar-refractivity contribution in [3.63, 3.8) is 0 Å². The monoisotopic (exact) mass is 354 g/mol. The van der Waals surface area contributed by atoms with Crippen LogP contribution in [0.15, 0.2) is 24.3 Å². The normalized spacial score (nSPS) is 18.3. The molecule has 2 rings (SSSR count). The fourth-order valence-corrected chi connectivity index (χ4v) is 3.24. The number of carbonyl (C=O) groups excluding carboxylic acids is 1. The van der Waals surface area contributed by atoms with Crippen LogP contribution in [0.3, 0.4) is 0 Å². The number of amides is 1. The topological polar surface area (TPSA) is 50.4 Å². The van der Waals surface area contributed by atoms with Crippen LogP contribution in [0.5, 0.6) is 5.75 Å². The van der Waals surface area contributed by atoms with Crippen molar-refractivity contribution in [1.29, 1.82) is 0 Å². The Morgan fingerprint density at radius 3 is 2.92 bits per heavy atom. The average Bonchev–Trinajstić information content (AvgIpc) is 2.57. The van der Waals surface area contributed by atoms with Gasteiger partial charge in [0.2, 0.25) is 5.91 Å². The third-order valence-electron chi connectivity index (χ3n) is 4.64. The van der Waals surface area contributed by atoms with Gasteiger partial charge in [-0.2, -0.15) is 0 Å². The lowest BCUT2D eigenvalue weighted by Crippen LogP contribution is -2.36. The zero-order chi connectivity index (χ0) is 16.5. The molecular weight excluding hydrogens is 324 g/mol. The van der Waals surface area contributed by atoms with Gasteiger partial charge in [0.15, 0.2) is 0 Å². The summed E-state index contributed by atoms with van der Waals surface area (Å²) >= 11 is 0. The number of piperidine rings is 1. The number of halogens is 1. The van der Waals surface area contributed by atoms with Crippen LogP contribution in [0.4, 0.5) is 0 Å². The standard InChI is InChI=1S/C19H30N2O2.ClH/c1-3-23-18-9-5-4-7-16(18)10-12-21-19(22)13-15(2)17-8-6-11-20-14-17;/h4-5,7,9,15,17,20H,3,6,8,10-14H2,1-2H3,(H,21,22);1H. The van der Waals surface area contributed by atoms with Crippen molar-refractivity contribution in [2.24, 2.45) is 11.8 Å². The van der Waals surface area contributed by atoms with Gasteiger partial charge in [-0.1, -0.05) is 25.1 Å². The van der Waals surface area contributed by atoms with Crippen LogP contribution in [0.1, 0.15) is 38.7 Å². The van der Waals surface area contributed by atoms with Gasteiger partial charge in [0.1, 0.15) is 5.75 Å². The number of hydrogen-bond donors (Lipinski definition) is 2. The summed E-state index contributed by atoms with van der Waals surface area (Å²) in [6.45, 7) is 7.68. The first-order valence-electron chi connectivity index (χ1n) is 8.88. The van der Waals surface area contributed by atoms with Gasteiger partial charge in [-0.15, -0.1) is 12.4 Å². The maximum Gasteiger partial charge on any atom is 0.220 e. The second-order valence-corrected chi connectivity index (χ2v) is 6.43. The fourth-order valence-electron chi connectivity index (χ4n) is 3.24. The first-order valence-corrected chi connectivity index (χ1v) is 8.88. The Morgan fingerprint density at radius 2 is 2.21 bits per heavy atom. The molecule has 0 aliphatic carbocycles. The molecule has 0 saturated carbocycles. The number of benzene rings is 1. The van der Waals surface area contributed by atoms with Gasteiger partial charge < -0.3 is 15.4 Å². The minimum Gasteiger partial charge on any atom is -0.494 e. The van der Waals surface area contributed by atoms with Crippen molar-refractivity contribution in [2.75, 3.05) is 26.2 Å². The summed E-state index contributed by atoms with van der Waals surface area (Å²) in [6, 6.07) is 8.04. The number of rotatable bonds is 8. The molecule has 0 radical (unpaired) electrons. The minimum absolute atomic E-state index is 0. The van der Waals surface area contributed by atoms with Gasteiger partial charge >= 0.3 is 0 Å². The molecule has 0 bridgehead atoms. The molecule has 1 aliphatic heterocycles. The third kappa shape index (κ3) is 6.70. The molecule has 1 heterocycles. The van der Waals surface area contributed by atoms with Crippen LogP contribution >= 0.6 is 12.4 Å². The van der Waals surface area contributed by atoms with Crippen LogP contribution in [0, 0.1) is 11.8 Å². The lowest BCUT2D eigenvalue weighted by Gasteiger charge is -2.28. The second-order valence-electron chi connectivity index (χ2n) is 6.43. The molecule has 4 nitrogen and oxygen atoms in total. The van der Waals surface area contributed by atoms with E-state index < -0.39 is 0 Å². The second kappa shape index (κ2) is 11.3. The first kappa shape index (κ1) is 20.8. The molecule has 1 fully saturated rings. The molecule has 0 aromatic heterocycles. The van der Waals surface area contributed by atoms with Gasteiger partial charge in [-0.25, -0.2) is 0 Å². The summed E-state index contributed by atoms with van der Waals surface area (Å²) in [6.07, 6.45) is 3.90. The molecule has 1 amide bonds. The molecule has 1 saturated heterocycles. The lowest BCUT2D eigenvalue weighted by molar-refractivity contribution is -0.122. The number of carbonyl (C=O) groups is 1. The summed E-state index contributed by atoms with van der Waals surface area (Å²) in [7, 11) is 0. The number of para-hydroxylation sites is 1. The molecule has 2 N–H and O–H groups in total. The van der Waals surface area contributed by atoms with E-state index in [9.17, 15) is 4.79 Å². The van der Waals surface area contributed by atoms with Gasteiger partial charge in [0.05, 0.1) is 6.61 Å². The van der Waals surface area contributed by atoms with Gasteiger partial charge in [0, 0.05) is 13.0 Å². The highest BCUT2D eigenvalue weighted by molar-refractivity contribution is 5.85. The Balaban J connectivity index is 0.00000288. The molecular formula is C19H31ClN2O2. The molecule has 2 atom stereocenters. The molecule has 0 spiro atoms. The SMILES string of the molecule is CCOc1ccccc1CCNC(=O)CC(C)C1CCCNC1.Cl. The summed E-state index contributed by atoms with van der Waals surface area (Å²) in [4.78, 5) is 12.1. The van der Waals surface area contributed by atoms with Gasteiger partial charge in [-0.3, -0.25) is 4.79 Å². The van der Waals surface area contributed by atoms with E-state index in [4.69, 9.17) is 4.74 Å². The lowest BCUT2D eigenvalue weighted by atomic mass is 9.85. The van der Waals surface area contributed by atoms with E-state index >= 15 is 0 Å².